The number of nitro benzene ring substituents is 1. The van der Waals surface area contributed by atoms with Crippen molar-refractivity contribution in [1.29, 1.82) is 0 Å². The van der Waals surface area contributed by atoms with Crippen molar-refractivity contribution < 1.29 is 24.4 Å². The van der Waals surface area contributed by atoms with E-state index in [0.29, 0.717) is 5.56 Å². The van der Waals surface area contributed by atoms with E-state index >= 15 is 0 Å². The summed E-state index contributed by atoms with van der Waals surface area (Å²) in [5, 5.41) is 24.3. The summed E-state index contributed by atoms with van der Waals surface area (Å²) >= 11 is 0. The van der Waals surface area contributed by atoms with Gasteiger partial charge in [0.2, 0.25) is 0 Å². The van der Waals surface area contributed by atoms with E-state index in [1.54, 1.807) is 18.2 Å². The first kappa shape index (κ1) is 25.5. The van der Waals surface area contributed by atoms with E-state index in [1.807, 2.05) is 13.8 Å². The number of hydrazone groups is 1. The fourth-order valence-electron chi connectivity index (χ4n) is 3.70. The van der Waals surface area contributed by atoms with Crippen LogP contribution in [0, 0.1) is 15.5 Å². The Morgan fingerprint density at radius 1 is 1.12 bits per heavy atom. The van der Waals surface area contributed by atoms with Crippen molar-refractivity contribution in [1.82, 2.24) is 5.43 Å². The number of carboxylic acids is 1. The van der Waals surface area contributed by atoms with Gasteiger partial charge >= 0.3 is 11.7 Å². The molecule has 9 nitrogen and oxygen atoms in total. The number of amides is 1. The van der Waals surface area contributed by atoms with E-state index in [4.69, 9.17) is 9.84 Å². The lowest BCUT2D eigenvalue weighted by atomic mass is 9.72. The van der Waals surface area contributed by atoms with Crippen molar-refractivity contribution in [3.63, 3.8) is 0 Å². The predicted molar refractivity (Wildman–Crippen MR) is 125 cm³/mol. The zero-order valence-electron chi connectivity index (χ0n) is 19.4. The monoisotopic (exact) mass is 455 g/mol. The van der Waals surface area contributed by atoms with Crippen LogP contribution in [0.1, 0.15) is 62.5 Å². The summed E-state index contributed by atoms with van der Waals surface area (Å²) in [6.45, 7) is 9.98. The highest BCUT2D eigenvalue weighted by molar-refractivity contribution is 5.89. The van der Waals surface area contributed by atoms with E-state index in [9.17, 15) is 19.7 Å². The second kappa shape index (κ2) is 10.2. The Bertz CT molecular complexity index is 1050. The molecule has 0 aliphatic heterocycles. The second-order valence-corrected chi connectivity index (χ2v) is 9.57. The highest BCUT2D eigenvalue weighted by Gasteiger charge is 2.29. The minimum atomic E-state index is -1.04. The number of aromatic carboxylic acids is 1. The van der Waals surface area contributed by atoms with Crippen LogP contribution in [0.25, 0.3) is 0 Å². The van der Waals surface area contributed by atoms with Crippen LogP contribution in [0.4, 0.5) is 5.69 Å². The first-order valence-electron chi connectivity index (χ1n) is 10.4. The number of ether oxygens (including phenoxy) is 1. The molecule has 0 saturated carbocycles. The molecule has 0 fully saturated rings. The lowest BCUT2D eigenvalue weighted by Gasteiger charge is -2.33. The Kier molecular flexibility index (Phi) is 7.92. The van der Waals surface area contributed by atoms with Gasteiger partial charge in [-0.2, -0.15) is 5.10 Å². The van der Waals surface area contributed by atoms with Gasteiger partial charge in [-0.1, -0.05) is 52.8 Å². The molecule has 2 aromatic rings. The first-order valence-corrected chi connectivity index (χ1v) is 10.4. The molecule has 0 bridgehead atoms. The summed E-state index contributed by atoms with van der Waals surface area (Å²) in [6, 6.07) is 10.7. The minimum Gasteiger partial charge on any atom is -0.478 e. The van der Waals surface area contributed by atoms with Crippen LogP contribution in [-0.2, 0) is 10.2 Å². The highest BCUT2D eigenvalue weighted by Crippen LogP contribution is 2.39. The van der Waals surface area contributed by atoms with Gasteiger partial charge in [0.15, 0.2) is 12.4 Å². The Morgan fingerprint density at radius 3 is 2.30 bits per heavy atom. The maximum absolute atomic E-state index is 12.0. The van der Waals surface area contributed by atoms with Gasteiger partial charge in [-0.25, -0.2) is 10.2 Å². The van der Waals surface area contributed by atoms with Gasteiger partial charge < -0.3 is 9.84 Å². The number of hydrogen-bond donors (Lipinski definition) is 2. The number of carboxylic acid groups (broad SMARTS) is 1. The molecule has 33 heavy (non-hydrogen) atoms. The zero-order chi connectivity index (χ0) is 24.8. The molecule has 0 unspecified atom stereocenters. The largest absolute Gasteiger partial charge is 0.478 e. The van der Waals surface area contributed by atoms with Gasteiger partial charge in [-0.05, 0) is 46.6 Å². The Hall–Kier alpha value is -3.75. The van der Waals surface area contributed by atoms with E-state index in [-0.39, 0.29) is 27.8 Å². The number of nitrogens with zero attached hydrogens (tertiary/aromatic N) is 2. The molecule has 2 N–H and O–H groups in total. The summed E-state index contributed by atoms with van der Waals surface area (Å²) in [7, 11) is 0. The summed E-state index contributed by atoms with van der Waals surface area (Å²) in [6.07, 6.45) is 2.18. The molecule has 1 amide bonds. The maximum atomic E-state index is 12.0. The Balaban J connectivity index is 2.02. The summed E-state index contributed by atoms with van der Waals surface area (Å²) in [5.74, 6) is -1.64. The molecule has 0 spiro atoms. The smallest absolute Gasteiger partial charge is 0.335 e. The van der Waals surface area contributed by atoms with Gasteiger partial charge in [0.1, 0.15) is 0 Å². The van der Waals surface area contributed by atoms with Gasteiger partial charge in [0, 0.05) is 6.07 Å². The van der Waals surface area contributed by atoms with Gasteiger partial charge in [0.05, 0.1) is 16.7 Å². The van der Waals surface area contributed by atoms with Gasteiger partial charge in [0.25, 0.3) is 5.91 Å². The van der Waals surface area contributed by atoms with E-state index in [1.165, 1.54) is 30.5 Å². The molecule has 0 radical (unpaired) electrons. The lowest BCUT2D eigenvalue weighted by Crippen LogP contribution is -2.26. The zero-order valence-corrected chi connectivity index (χ0v) is 19.4. The van der Waals surface area contributed by atoms with Crippen molar-refractivity contribution >= 4 is 23.8 Å². The van der Waals surface area contributed by atoms with Crippen molar-refractivity contribution in [2.45, 2.75) is 46.5 Å². The van der Waals surface area contributed by atoms with Crippen LogP contribution in [0.5, 0.6) is 5.75 Å². The molecule has 0 saturated heterocycles. The lowest BCUT2D eigenvalue weighted by molar-refractivity contribution is -0.385. The normalized spacial score (nSPS) is 11.9. The minimum absolute atomic E-state index is 0.00121. The molecular formula is C24H29N3O6. The summed E-state index contributed by atoms with van der Waals surface area (Å²) in [5.41, 5.74) is 3.37. The average molecular weight is 456 g/mol. The van der Waals surface area contributed by atoms with Crippen molar-refractivity contribution in [2.24, 2.45) is 10.5 Å². The van der Waals surface area contributed by atoms with Crippen LogP contribution >= 0.6 is 0 Å². The van der Waals surface area contributed by atoms with Crippen LogP contribution < -0.4 is 10.2 Å². The molecule has 9 heteroatoms. The fraction of sp³-hybridized carbons (Fsp3) is 0.375. The van der Waals surface area contributed by atoms with Crippen LogP contribution in [0.3, 0.4) is 0 Å². The van der Waals surface area contributed by atoms with Crippen molar-refractivity contribution in [3.05, 3.63) is 69.3 Å². The SMILES string of the molecule is CC(C)(C)CC(C)(C)c1ccc(OCC(=O)N/N=C/c2ccc(C(=O)O)cc2)c([N+](=O)[O-])c1. The molecule has 0 aliphatic rings. The highest BCUT2D eigenvalue weighted by atomic mass is 16.6. The number of carbonyl (C=O) groups is 2. The number of rotatable bonds is 9. The third-order valence-corrected chi connectivity index (χ3v) is 4.83. The predicted octanol–water partition coefficient (Wildman–Crippen LogP) is 4.54. The third kappa shape index (κ3) is 7.71. The number of carbonyl (C=O) groups excluding carboxylic acids is 1. The second-order valence-electron chi connectivity index (χ2n) is 9.57. The molecule has 2 aromatic carbocycles. The van der Waals surface area contributed by atoms with Crippen LogP contribution in [-0.4, -0.2) is 34.7 Å². The topological polar surface area (TPSA) is 131 Å². The van der Waals surface area contributed by atoms with E-state index in [0.717, 1.165) is 12.0 Å². The number of nitrogens with one attached hydrogen (secondary N) is 1. The van der Waals surface area contributed by atoms with Crippen molar-refractivity contribution in [2.75, 3.05) is 6.61 Å². The molecular weight excluding hydrogens is 426 g/mol. The van der Waals surface area contributed by atoms with E-state index < -0.39 is 23.4 Å². The summed E-state index contributed by atoms with van der Waals surface area (Å²) in [4.78, 5) is 33.9. The molecule has 0 heterocycles. The van der Waals surface area contributed by atoms with Gasteiger partial charge in [-0.3, -0.25) is 14.9 Å². The first-order chi connectivity index (χ1) is 15.3. The number of nitro groups is 1. The Labute approximate surface area is 192 Å². The van der Waals surface area contributed by atoms with Crippen LogP contribution in [0.15, 0.2) is 47.6 Å². The molecule has 0 aromatic heterocycles. The van der Waals surface area contributed by atoms with Gasteiger partial charge in [-0.15, -0.1) is 0 Å². The molecule has 0 aliphatic carbocycles. The quantitative estimate of drug-likeness (QED) is 0.324. The standard InChI is InChI=1S/C24H29N3O6/c1-23(2,3)15-24(4,5)18-10-11-20(19(12-18)27(31)32)33-14-21(28)26-25-13-16-6-8-17(9-7-16)22(29)30/h6-13H,14-15H2,1-5H3,(H,26,28)(H,29,30)/b25-13+. The molecule has 176 valence electrons. The van der Waals surface area contributed by atoms with Crippen molar-refractivity contribution in [3.8, 4) is 5.75 Å². The fourth-order valence-corrected chi connectivity index (χ4v) is 3.70. The number of benzene rings is 2. The third-order valence-electron chi connectivity index (χ3n) is 4.83. The van der Waals surface area contributed by atoms with Crippen LogP contribution in [0.2, 0.25) is 0 Å². The molecule has 0 atom stereocenters. The van der Waals surface area contributed by atoms with E-state index in [2.05, 4.69) is 31.3 Å². The number of hydrogen-bond acceptors (Lipinski definition) is 6. The summed E-state index contributed by atoms with van der Waals surface area (Å²) < 4.78 is 5.38. The average Bonchev–Trinajstić information content (AvgIpc) is 2.70. The maximum Gasteiger partial charge on any atom is 0.335 e. The Morgan fingerprint density at radius 2 is 1.76 bits per heavy atom. The molecule has 2 rings (SSSR count).